The minimum Gasteiger partial charge on any atom is -0.379 e. The Morgan fingerprint density at radius 2 is 1.76 bits per heavy atom. The lowest BCUT2D eigenvalue weighted by Gasteiger charge is -2.07. The monoisotopic (exact) mass is 521 g/mol. The first-order valence-electron chi connectivity index (χ1n) is 9.30. The lowest BCUT2D eigenvalue weighted by Crippen LogP contribution is -2.09. The van der Waals surface area contributed by atoms with E-state index in [1.165, 1.54) is 23.5 Å². The van der Waals surface area contributed by atoms with Crippen molar-refractivity contribution in [2.75, 3.05) is 5.43 Å². The average molecular weight is 522 g/mol. The third-order valence-corrected chi connectivity index (χ3v) is 6.83. The lowest BCUT2D eigenvalue weighted by molar-refractivity contribution is 0.486. The second-order valence-corrected chi connectivity index (χ2v) is 9.84. The third kappa shape index (κ3) is 5.88. The standard InChI is InChI=1S/C22H14Cl2FN3O3S2/c23-15-3-10-19(20(24)11-15)21-13-32-22(27-21)28-26-12-14-1-6-17(7-2-14)31-33(29,30)18-8-4-16(25)5-9-18/h1-13H,(H,27,28)/b26-12-. The van der Waals surface area contributed by atoms with Crippen LogP contribution in [-0.4, -0.2) is 19.6 Å². The maximum absolute atomic E-state index is 13.0. The molecule has 0 fully saturated rings. The Kier molecular flexibility index (Phi) is 6.94. The quantitative estimate of drug-likeness (QED) is 0.171. The Balaban J connectivity index is 1.38. The predicted molar refractivity (Wildman–Crippen MR) is 129 cm³/mol. The molecule has 1 heterocycles. The second kappa shape index (κ2) is 9.88. The summed E-state index contributed by atoms with van der Waals surface area (Å²) >= 11 is 13.5. The molecule has 168 valence electrons. The van der Waals surface area contributed by atoms with E-state index in [-0.39, 0.29) is 10.6 Å². The molecular formula is C22H14Cl2FN3O3S2. The van der Waals surface area contributed by atoms with E-state index in [0.29, 0.717) is 26.4 Å². The highest BCUT2D eigenvalue weighted by Gasteiger charge is 2.16. The van der Waals surface area contributed by atoms with E-state index in [1.54, 1.807) is 36.5 Å². The molecule has 0 radical (unpaired) electrons. The average Bonchev–Trinajstić information content (AvgIpc) is 3.23. The SMILES string of the molecule is O=S(=O)(Oc1ccc(/C=N\Nc2nc(-c3ccc(Cl)cc3Cl)cs2)cc1)c1ccc(F)cc1. The van der Waals surface area contributed by atoms with Crippen LogP contribution in [0.4, 0.5) is 9.52 Å². The minimum atomic E-state index is -4.06. The molecule has 0 saturated carbocycles. The Labute approximate surface area is 203 Å². The summed E-state index contributed by atoms with van der Waals surface area (Å²) in [6, 6.07) is 15.8. The third-order valence-electron chi connectivity index (χ3n) is 4.27. The summed E-state index contributed by atoms with van der Waals surface area (Å²) in [7, 11) is -4.06. The predicted octanol–water partition coefficient (Wildman–Crippen LogP) is 6.47. The zero-order valence-electron chi connectivity index (χ0n) is 16.6. The smallest absolute Gasteiger partial charge is 0.339 e. The summed E-state index contributed by atoms with van der Waals surface area (Å²) in [6.45, 7) is 0. The van der Waals surface area contributed by atoms with Gasteiger partial charge in [-0.25, -0.2) is 9.37 Å². The Hall–Kier alpha value is -2.98. The van der Waals surface area contributed by atoms with Crippen LogP contribution in [0.25, 0.3) is 11.3 Å². The molecule has 0 saturated heterocycles. The molecule has 11 heteroatoms. The van der Waals surface area contributed by atoms with E-state index in [9.17, 15) is 12.8 Å². The molecule has 3 aromatic carbocycles. The van der Waals surface area contributed by atoms with Gasteiger partial charge in [0.2, 0.25) is 5.13 Å². The van der Waals surface area contributed by atoms with Crippen molar-refractivity contribution in [3.63, 3.8) is 0 Å². The van der Waals surface area contributed by atoms with Gasteiger partial charge in [0.25, 0.3) is 0 Å². The number of nitrogens with one attached hydrogen (secondary N) is 1. The summed E-state index contributed by atoms with van der Waals surface area (Å²) in [5.41, 5.74) is 5.01. The highest BCUT2D eigenvalue weighted by molar-refractivity contribution is 7.87. The number of hydrogen-bond donors (Lipinski definition) is 1. The number of hydrogen-bond acceptors (Lipinski definition) is 7. The number of aromatic nitrogens is 1. The van der Waals surface area contributed by atoms with Crippen molar-refractivity contribution in [1.82, 2.24) is 4.98 Å². The minimum absolute atomic E-state index is 0.119. The fraction of sp³-hybridized carbons (Fsp3) is 0. The zero-order chi connectivity index (χ0) is 23.4. The molecule has 0 aliphatic heterocycles. The van der Waals surface area contributed by atoms with Crippen LogP contribution in [0.2, 0.25) is 10.0 Å². The van der Waals surface area contributed by atoms with Crippen LogP contribution in [-0.2, 0) is 10.1 Å². The Morgan fingerprint density at radius 1 is 1.03 bits per heavy atom. The molecule has 4 rings (SSSR count). The second-order valence-electron chi connectivity index (χ2n) is 6.59. The number of benzene rings is 3. The van der Waals surface area contributed by atoms with E-state index < -0.39 is 15.9 Å². The van der Waals surface area contributed by atoms with Crippen molar-refractivity contribution in [2.24, 2.45) is 5.10 Å². The molecule has 0 unspecified atom stereocenters. The highest BCUT2D eigenvalue weighted by atomic mass is 35.5. The summed E-state index contributed by atoms with van der Waals surface area (Å²) in [6.07, 6.45) is 1.55. The number of rotatable bonds is 7. The van der Waals surface area contributed by atoms with Crippen molar-refractivity contribution >= 4 is 56.0 Å². The van der Waals surface area contributed by atoms with Crippen molar-refractivity contribution in [3.8, 4) is 17.0 Å². The number of hydrazone groups is 1. The maximum atomic E-state index is 13.0. The van der Waals surface area contributed by atoms with Gasteiger partial charge in [-0.15, -0.1) is 11.3 Å². The van der Waals surface area contributed by atoms with Gasteiger partial charge >= 0.3 is 10.1 Å². The van der Waals surface area contributed by atoms with Crippen LogP contribution in [0.5, 0.6) is 5.75 Å². The van der Waals surface area contributed by atoms with Crippen molar-refractivity contribution in [2.45, 2.75) is 4.90 Å². The summed E-state index contributed by atoms with van der Waals surface area (Å²) in [5.74, 6) is -0.414. The fourth-order valence-corrected chi connectivity index (χ4v) is 4.79. The van der Waals surface area contributed by atoms with E-state index in [2.05, 4.69) is 15.5 Å². The topological polar surface area (TPSA) is 80.7 Å². The van der Waals surface area contributed by atoms with E-state index in [1.807, 2.05) is 5.38 Å². The van der Waals surface area contributed by atoms with Gasteiger partial charge in [-0.3, -0.25) is 5.43 Å². The molecule has 1 N–H and O–H groups in total. The van der Waals surface area contributed by atoms with Gasteiger partial charge < -0.3 is 4.18 Å². The van der Waals surface area contributed by atoms with Gasteiger partial charge in [-0.2, -0.15) is 13.5 Å². The van der Waals surface area contributed by atoms with Crippen LogP contribution >= 0.6 is 34.5 Å². The van der Waals surface area contributed by atoms with Crippen molar-refractivity contribution in [1.29, 1.82) is 0 Å². The number of thiazole rings is 1. The molecule has 4 aromatic rings. The molecule has 33 heavy (non-hydrogen) atoms. The molecule has 0 aliphatic rings. The van der Waals surface area contributed by atoms with E-state index in [0.717, 1.165) is 29.8 Å². The zero-order valence-corrected chi connectivity index (χ0v) is 19.7. The number of anilines is 1. The fourth-order valence-electron chi connectivity index (χ4n) is 2.69. The maximum Gasteiger partial charge on any atom is 0.339 e. The van der Waals surface area contributed by atoms with Gasteiger partial charge in [0.05, 0.1) is 16.9 Å². The molecule has 0 bridgehead atoms. The van der Waals surface area contributed by atoms with Gasteiger partial charge in [0.1, 0.15) is 16.5 Å². The van der Waals surface area contributed by atoms with Gasteiger partial charge in [0.15, 0.2) is 0 Å². The largest absolute Gasteiger partial charge is 0.379 e. The van der Waals surface area contributed by atoms with Crippen molar-refractivity contribution in [3.05, 3.63) is 93.5 Å². The first-order valence-corrected chi connectivity index (χ1v) is 12.3. The van der Waals surface area contributed by atoms with Gasteiger partial charge in [-0.1, -0.05) is 23.2 Å². The van der Waals surface area contributed by atoms with E-state index >= 15 is 0 Å². The molecule has 0 atom stereocenters. The van der Waals surface area contributed by atoms with E-state index in [4.69, 9.17) is 27.4 Å². The molecule has 1 aromatic heterocycles. The summed E-state index contributed by atoms with van der Waals surface area (Å²) in [5, 5.41) is 7.61. The summed E-state index contributed by atoms with van der Waals surface area (Å²) < 4.78 is 42.6. The Bertz CT molecular complexity index is 1410. The molecule has 6 nitrogen and oxygen atoms in total. The normalized spacial score (nSPS) is 11.6. The molecule has 0 spiro atoms. The van der Waals surface area contributed by atoms with Gasteiger partial charge in [0, 0.05) is 16.0 Å². The van der Waals surface area contributed by atoms with Crippen LogP contribution < -0.4 is 9.61 Å². The van der Waals surface area contributed by atoms with Crippen LogP contribution in [0.1, 0.15) is 5.56 Å². The number of nitrogens with zero attached hydrogens (tertiary/aromatic N) is 2. The molecular weight excluding hydrogens is 508 g/mol. The van der Waals surface area contributed by atoms with Crippen molar-refractivity contribution < 1.29 is 17.0 Å². The molecule has 0 amide bonds. The van der Waals surface area contributed by atoms with Crippen LogP contribution in [0.15, 0.2) is 82.1 Å². The number of halogens is 3. The van der Waals surface area contributed by atoms with Gasteiger partial charge in [-0.05, 0) is 72.3 Å². The first kappa shape index (κ1) is 23.2. The van der Waals surface area contributed by atoms with Crippen LogP contribution in [0, 0.1) is 5.82 Å². The lowest BCUT2D eigenvalue weighted by atomic mass is 10.2. The van der Waals surface area contributed by atoms with Crippen LogP contribution in [0.3, 0.4) is 0 Å². The Morgan fingerprint density at radius 3 is 2.45 bits per heavy atom. The molecule has 0 aliphatic carbocycles. The first-order chi connectivity index (χ1) is 15.8. The highest BCUT2D eigenvalue weighted by Crippen LogP contribution is 2.32. The summed E-state index contributed by atoms with van der Waals surface area (Å²) in [4.78, 5) is 4.31.